The smallest absolute Gasteiger partial charge is 0.233 e. The van der Waals surface area contributed by atoms with E-state index in [-0.39, 0.29) is 17.6 Å². The van der Waals surface area contributed by atoms with Gasteiger partial charge in [0, 0.05) is 16.6 Å². The van der Waals surface area contributed by atoms with Crippen LogP contribution in [0.5, 0.6) is 5.75 Å². The van der Waals surface area contributed by atoms with Gasteiger partial charge in [-0.2, -0.15) is 0 Å². The predicted molar refractivity (Wildman–Crippen MR) is 74.6 cm³/mol. The van der Waals surface area contributed by atoms with Crippen LogP contribution >= 0.6 is 10.7 Å². The van der Waals surface area contributed by atoms with Crippen molar-refractivity contribution in [1.29, 1.82) is 0 Å². The molecule has 0 aliphatic rings. The largest absolute Gasteiger partial charge is 0.493 e. The first-order valence-corrected chi connectivity index (χ1v) is 8.37. The molecule has 0 radical (unpaired) electrons. The van der Waals surface area contributed by atoms with E-state index in [2.05, 4.69) is 0 Å². The summed E-state index contributed by atoms with van der Waals surface area (Å²) in [6, 6.07) is 7.68. The molecule has 0 aromatic heterocycles. The minimum atomic E-state index is -3.49. The molecule has 5 heteroatoms. The summed E-state index contributed by atoms with van der Waals surface area (Å²) in [7, 11) is 1.81. The number of hydrogen-bond donors (Lipinski definition) is 0. The zero-order chi connectivity index (χ0) is 13.8. The molecule has 18 heavy (non-hydrogen) atoms. The van der Waals surface area contributed by atoms with Gasteiger partial charge in [-0.25, -0.2) is 8.42 Å². The molecule has 3 nitrogen and oxygen atoms in total. The van der Waals surface area contributed by atoms with Crippen molar-refractivity contribution in [3.8, 4) is 5.75 Å². The maximum atomic E-state index is 11.1. The summed E-state index contributed by atoms with van der Waals surface area (Å²) in [4.78, 5) is 0. The monoisotopic (exact) mass is 290 g/mol. The molecule has 0 saturated heterocycles. The number of halogens is 1. The third kappa shape index (κ3) is 5.74. The topological polar surface area (TPSA) is 43.4 Å². The van der Waals surface area contributed by atoms with Gasteiger partial charge in [0.25, 0.3) is 0 Å². The third-order valence-electron chi connectivity index (χ3n) is 2.81. The summed E-state index contributed by atoms with van der Waals surface area (Å²) >= 11 is 0. The van der Waals surface area contributed by atoms with Crippen LogP contribution in [-0.2, 0) is 9.05 Å². The van der Waals surface area contributed by atoms with Gasteiger partial charge in [0.1, 0.15) is 5.75 Å². The van der Waals surface area contributed by atoms with Crippen LogP contribution in [-0.4, -0.2) is 20.8 Å². The molecular weight excluding hydrogens is 272 g/mol. The van der Waals surface area contributed by atoms with E-state index in [1.165, 1.54) is 0 Å². The van der Waals surface area contributed by atoms with Crippen molar-refractivity contribution in [3.63, 3.8) is 0 Å². The number of rotatable bonds is 6. The zero-order valence-corrected chi connectivity index (χ0v) is 12.5. The molecule has 0 bridgehead atoms. The lowest BCUT2D eigenvalue weighted by atomic mass is 9.99. The predicted octanol–water partition coefficient (Wildman–Crippen LogP) is 3.21. The lowest BCUT2D eigenvalue weighted by Gasteiger charge is -2.19. The fourth-order valence-corrected chi connectivity index (χ4v) is 3.08. The molecule has 1 rings (SSSR count). The quantitative estimate of drug-likeness (QED) is 0.756. The van der Waals surface area contributed by atoms with E-state index in [1.54, 1.807) is 0 Å². The Balaban J connectivity index is 2.63. The minimum absolute atomic E-state index is 0.0575. The van der Waals surface area contributed by atoms with Crippen LogP contribution < -0.4 is 4.74 Å². The highest BCUT2D eigenvalue weighted by Crippen LogP contribution is 2.19. The summed E-state index contributed by atoms with van der Waals surface area (Å²) in [5.41, 5.74) is 1.11. The molecule has 1 aromatic carbocycles. The average molecular weight is 291 g/mol. The van der Waals surface area contributed by atoms with Gasteiger partial charge < -0.3 is 4.74 Å². The lowest BCUT2D eigenvalue weighted by molar-refractivity contribution is 0.225. The van der Waals surface area contributed by atoms with Crippen LogP contribution in [0.1, 0.15) is 19.4 Å². The van der Waals surface area contributed by atoms with Crippen LogP contribution in [0, 0.1) is 18.8 Å². The van der Waals surface area contributed by atoms with Gasteiger partial charge in [0.15, 0.2) is 0 Å². The number of ether oxygens (including phenoxy) is 1. The number of hydrogen-bond acceptors (Lipinski definition) is 3. The molecule has 102 valence electrons. The van der Waals surface area contributed by atoms with Gasteiger partial charge in [0.2, 0.25) is 9.05 Å². The van der Waals surface area contributed by atoms with E-state index in [9.17, 15) is 8.42 Å². The first-order chi connectivity index (χ1) is 8.28. The Morgan fingerprint density at radius 1 is 1.33 bits per heavy atom. The van der Waals surface area contributed by atoms with Crippen molar-refractivity contribution >= 4 is 19.7 Å². The fraction of sp³-hybridized carbons (Fsp3) is 0.538. The third-order valence-corrected chi connectivity index (χ3v) is 4.01. The number of benzene rings is 1. The lowest BCUT2D eigenvalue weighted by Crippen LogP contribution is -2.24. The molecule has 0 heterocycles. The highest BCUT2D eigenvalue weighted by Gasteiger charge is 2.21. The molecule has 0 N–H and O–H groups in total. The molecule has 0 saturated carbocycles. The maximum Gasteiger partial charge on any atom is 0.233 e. The Morgan fingerprint density at radius 2 is 2.00 bits per heavy atom. The van der Waals surface area contributed by atoms with Gasteiger partial charge in [-0.15, -0.1) is 0 Å². The molecule has 0 aliphatic carbocycles. The van der Waals surface area contributed by atoms with Crippen LogP contribution in [0.3, 0.4) is 0 Å². The molecule has 0 fully saturated rings. The van der Waals surface area contributed by atoms with Gasteiger partial charge in [-0.3, -0.25) is 0 Å². The highest BCUT2D eigenvalue weighted by molar-refractivity contribution is 8.13. The SMILES string of the molecule is Cc1cccc(OCC(CS(=O)(=O)Cl)C(C)C)c1. The van der Waals surface area contributed by atoms with Gasteiger partial charge in [0.05, 0.1) is 12.4 Å². The van der Waals surface area contributed by atoms with E-state index >= 15 is 0 Å². The molecule has 0 amide bonds. The van der Waals surface area contributed by atoms with Crippen molar-refractivity contribution in [1.82, 2.24) is 0 Å². The molecule has 1 atom stereocenters. The highest BCUT2D eigenvalue weighted by atomic mass is 35.7. The molecule has 1 aromatic rings. The van der Waals surface area contributed by atoms with Crippen molar-refractivity contribution in [2.24, 2.45) is 11.8 Å². The first-order valence-electron chi connectivity index (χ1n) is 5.90. The normalized spacial score (nSPS) is 13.6. The second-order valence-corrected chi connectivity index (χ2v) is 7.66. The van der Waals surface area contributed by atoms with E-state index in [0.717, 1.165) is 11.3 Å². The molecule has 1 unspecified atom stereocenters. The molecule has 0 aliphatic heterocycles. The maximum absolute atomic E-state index is 11.1. The van der Waals surface area contributed by atoms with Crippen molar-refractivity contribution in [2.75, 3.05) is 12.4 Å². The fourth-order valence-electron chi connectivity index (χ4n) is 1.60. The molecular formula is C13H19ClO3S. The van der Waals surface area contributed by atoms with E-state index < -0.39 is 9.05 Å². The summed E-state index contributed by atoms with van der Waals surface area (Å²) < 4.78 is 27.9. The van der Waals surface area contributed by atoms with Crippen LogP contribution in [0.2, 0.25) is 0 Å². The standard InChI is InChI=1S/C13H19ClO3S/c1-10(2)12(9-18(14,15)16)8-17-13-6-4-5-11(3)7-13/h4-7,10,12H,8-9H2,1-3H3. The summed E-state index contributed by atoms with van der Waals surface area (Å²) in [5, 5.41) is 0. The Bertz CT molecular complexity index is 483. The minimum Gasteiger partial charge on any atom is -0.493 e. The van der Waals surface area contributed by atoms with E-state index in [0.29, 0.717) is 6.61 Å². The van der Waals surface area contributed by atoms with Crippen molar-refractivity contribution in [3.05, 3.63) is 29.8 Å². The average Bonchev–Trinajstić information content (AvgIpc) is 2.22. The van der Waals surface area contributed by atoms with Crippen molar-refractivity contribution in [2.45, 2.75) is 20.8 Å². The van der Waals surface area contributed by atoms with E-state index in [1.807, 2.05) is 45.0 Å². The number of aryl methyl sites for hydroxylation is 1. The van der Waals surface area contributed by atoms with Crippen molar-refractivity contribution < 1.29 is 13.2 Å². The van der Waals surface area contributed by atoms with Gasteiger partial charge >= 0.3 is 0 Å². The van der Waals surface area contributed by atoms with Gasteiger partial charge in [-0.05, 0) is 30.5 Å². The summed E-state index contributed by atoms with van der Waals surface area (Å²) in [6.07, 6.45) is 0. The molecule has 0 spiro atoms. The second kappa shape index (κ2) is 6.43. The Hall–Kier alpha value is -0.740. The Morgan fingerprint density at radius 3 is 2.50 bits per heavy atom. The Labute approximate surface area is 114 Å². The Kier molecular flexibility index (Phi) is 5.47. The van der Waals surface area contributed by atoms with Crippen LogP contribution in [0.25, 0.3) is 0 Å². The van der Waals surface area contributed by atoms with Crippen LogP contribution in [0.15, 0.2) is 24.3 Å². The summed E-state index contributed by atoms with van der Waals surface area (Å²) in [6.45, 7) is 6.27. The summed E-state index contributed by atoms with van der Waals surface area (Å²) in [5.74, 6) is 0.793. The first kappa shape index (κ1) is 15.3. The van der Waals surface area contributed by atoms with Crippen LogP contribution in [0.4, 0.5) is 0 Å². The van der Waals surface area contributed by atoms with E-state index in [4.69, 9.17) is 15.4 Å². The second-order valence-electron chi connectivity index (χ2n) is 4.84. The zero-order valence-electron chi connectivity index (χ0n) is 10.9. The van der Waals surface area contributed by atoms with Gasteiger partial charge in [-0.1, -0.05) is 26.0 Å².